The third-order valence-electron chi connectivity index (χ3n) is 3.48. The maximum absolute atomic E-state index is 4.27. The number of nitrogens with one attached hydrogen (secondary N) is 1. The van der Waals surface area contributed by atoms with E-state index in [-0.39, 0.29) is 6.04 Å². The molecule has 4 nitrogen and oxygen atoms in total. The molecule has 2 heterocycles. The van der Waals surface area contributed by atoms with Crippen molar-refractivity contribution in [3.8, 4) is 0 Å². The Morgan fingerprint density at radius 3 is 3.00 bits per heavy atom. The van der Waals surface area contributed by atoms with Crippen molar-refractivity contribution in [2.24, 2.45) is 0 Å². The summed E-state index contributed by atoms with van der Waals surface area (Å²) in [7, 11) is 0. The van der Waals surface area contributed by atoms with Gasteiger partial charge >= 0.3 is 0 Å². The van der Waals surface area contributed by atoms with Crippen LogP contribution in [0.15, 0.2) is 37.1 Å². The van der Waals surface area contributed by atoms with E-state index in [1.165, 1.54) is 24.1 Å². The van der Waals surface area contributed by atoms with Gasteiger partial charge < -0.3 is 9.88 Å². The number of hydrogen-bond acceptors (Lipinski definition) is 3. The first-order valence-electron chi connectivity index (χ1n) is 6.48. The SMILES string of the molecule is CC(c1cccnc1)n1cncc1CNC1CC1. The topological polar surface area (TPSA) is 42.7 Å². The first kappa shape index (κ1) is 11.4. The van der Waals surface area contributed by atoms with E-state index in [2.05, 4.69) is 32.8 Å². The molecule has 1 aliphatic rings. The zero-order valence-corrected chi connectivity index (χ0v) is 10.6. The second kappa shape index (κ2) is 4.90. The van der Waals surface area contributed by atoms with Crippen molar-refractivity contribution >= 4 is 0 Å². The van der Waals surface area contributed by atoms with Crippen LogP contribution in [0.4, 0.5) is 0 Å². The summed E-state index contributed by atoms with van der Waals surface area (Å²) in [6.45, 7) is 3.08. The Hall–Kier alpha value is -1.68. The minimum Gasteiger partial charge on any atom is -0.326 e. The minimum atomic E-state index is 0.275. The zero-order chi connectivity index (χ0) is 12.4. The van der Waals surface area contributed by atoms with Crippen molar-refractivity contribution in [1.82, 2.24) is 19.9 Å². The maximum Gasteiger partial charge on any atom is 0.0954 e. The predicted molar refractivity (Wildman–Crippen MR) is 70.1 cm³/mol. The molecule has 2 aromatic rings. The molecular formula is C14H18N4. The van der Waals surface area contributed by atoms with Crippen LogP contribution in [0.25, 0.3) is 0 Å². The van der Waals surface area contributed by atoms with Gasteiger partial charge in [-0.25, -0.2) is 4.98 Å². The summed E-state index contributed by atoms with van der Waals surface area (Å²) in [5.41, 5.74) is 2.45. The number of hydrogen-bond donors (Lipinski definition) is 1. The Morgan fingerprint density at radius 2 is 2.28 bits per heavy atom. The number of nitrogens with zero attached hydrogens (tertiary/aromatic N) is 3. The smallest absolute Gasteiger partial charge is 0.0954 e. The van der Waals surface area contributed by atoms with Gasteiger partial charge in [0.25, 0.3) is 0 Å². The van der Waals surface area contributed by atoms with Crippen molar-refractivity contribution in [3.63, 3.8) is 0 Å². The summed E-state index contributed by atoms with van der Waals surface area (Å²) in [5.74, 6) is 0. The molecular weight excluding hydrogens is 224 g/mol. The summed E-state index contributed by atoms with van der Waals surface area (Å²) in [6, 6.07) is 5.08. The molecule has 1 aliphatic carbocycles. The Labute approximate surface area is 107 Å². The van der Waals surface area contributed by atoms with Gasteiger partial charge in [-0.2, -0.15) is 0 Å². The Bertz CT molecular complexity index is 502. The highest BCUT2D eigenvalue weighted by molar-refractivity contribution is 5.16. The fourth-order valence-electron chi connectivity index (χ4n) is 2.14. The highest BCUT2D eigenvalue weighted by atomic mass is 15.1. The first-order valence-corrected chi connectivity index (χ1v) is 6.48. The molecule has 4 heteroatoms. The second-order valence-corrected chi connectivity index (χ2v) is 4.91. The van der Waals surface area contributed by atoms with Crippen LogP contribution in [-0.4, -0.2) is 20.6 Å². The summed E-state index contributed by atoms with van der Waals surface area (Å²) in [5, 5.41) is 3.53. The molecule has 0 aromatic carbocycles. The molecule has 1 saturated carbocycles. The van der Waals surface area contributed by atoms with E-state index in [1.807, 2.05) is 24.8 Å². The molecule has 3 rings (SSSR count). The standard InChI is InChI=1S/C14H18N4/c1-11(12-3-2-6-15-7-12)18-10-16-8-14(18)9-17-13-4-5-13/h2-3,6-8,10-11,13,17H,4-5,9H2,1H3. The van der Waals surface area contributed by atoms with Crippen molar-refractivity contribution in [3.05, 3.63) is 48.3 Å². The van der Waals surface area contributed by atoms with Gasteiger partial charge in [0.1, 0.15) is 0 Å². The summed E-state index contributed by atoms with van der Waals surface area (Å²) < 4.78 is 2.21. The molecule has 2 aromatic heterocycles. The highest BCUT2D eigenvalue weighted by Gasteiger charge is 2.21. The van der Waals surface area contributed by atoms with Gasteiger partial charge in [-0.05, 0) is 31.4 Å². The average Bonchev–Trinajstić information content (AvgIpc) is 3.14. The lowest BCUT2D eigenvalue weighted by Gasteiger charge is -2.16. The molecule has 18 heavy (non-hydrogen) atoms. The molecule has 0 aliphatic heterocycles. The van der Waals surface area contributed by atoms with Crippen LogP contribution in [0.2, 0.25) is 0 Å². The van der Waals surface area contributed by atoms with Gasteiger partial charge in [-0.1, -0.05) is 6.07 Å². The lowest BCUT2D eigenvalue weighted by Crippen LogP contribution is -2.19. The largest absolute Gasteiger partial charge is 0.326 e. The second-order valence-electron chi connectivity index (χ2n) is 4.91. The molecule has 1 atom stereocenters. The van der Waals surface area contributed by atoms with E-state index in [9.17, 15) is 0 Å². The minimum absolute atomic E-state index is 0.275. The monoisotopic (exact) mass is 242 g/mol. The molecule has 1 N–H and O–H groups in total. The Kier molecular flexibility index (Phi) is 3.11. The number of aromatic nitrogens is 3. The van der Waals surface area contributed by atoms with Gasteiger partial charge in [0.05, 0.1) is 18.1 Å². The van der Waals surface area contributed by atoms with Gasteiger partial charge in [-0.15, -0.1) is 0 Å². The third kappa shape index (κ3) is 2.43. The number of pyridine rings is 1. The van der Waals surface area contributed by atoms with E-state index < -0.39 is 0 Å². The molecule has 0 radical (unpaired) electrons. The summed E-state index contributed by atoms with van der Waals surface area (Å²) >= 11 is 0. The first-order chi connectivity index (χ1) is 8.84. The lowest BCUT2D eigenvalue weighted by atomic mass is 10.1. The van der Waals surface area contributed by atoms with E-state index in [0.29, 0.717) is 0 Å². The van der Waals surface area contributed by atoms with E-state index >= 15 is 0 Å². The molecule has 94 valence electrons. The van der Waals surface area contributed by atoms with Crippen LogP contribution < -0.4 is 5.32 Å². The van der Waals surface area contributed by atoms with Crippen LogP contribution in [0.3, 0.4) is 0 Å². The van der Waals surface area contributed by atoms with Gasteiger partial charge in [0.15, 0.2) is 0 Å². The zero-order valence-electron chi connectivity index (χ0n) is 10.6. The molecule has 0 bridgehead atoms. The Balaban J connectivity index is 1.76. The molecule has 0 spiro atoms. The third-order valence-corrected chi connectivity index (χ3v) is 3.48. The molecule has 0 amide bonds. The van der Waals surface area contributed by atoms with E-state index in [1.54, 1.807) is 6.20 Å². The van der Waals surface area contributed by atoms with E-state index in [0.717, 1.165) is 12.6 Å². The van der Waals surface area contributed by atoms with Crippen LogP contribution in [0.5, 0.6) is 0 Å². The van der Waals surface area contributed by atoms with Crippen molar-refractivity contribution in [2.75, 3.05) is 0 Å². The molecule has 1 fully saturated rings. The van der Waals surface area contributed by atoms with Crippen molar-refractivity contribution in [1.29, 1.82) is 0 Å². The van der Waals surface area contributed by atoms with E-state index in [4.69, 9.17) is 0 Å². The van der Waals surface area contributed by atoms with Crippen molar-refractivity contribution in [2.45, 2.75) is 38.4 Å². The normalized spacial score (nSPS) is 16.7. The van der Waals surface area contributed by atoms with Crippen molar-refractivity contribution < 1.29 is 0 Å². The number of imidazole rings is 1. The van der Waals surface area contributed by atoms with Crippen LogP contribution in [-0.2, 0) is 6.54 Å². The van der Waals surface area contributed by atoms with Gasteiger partial charge in [0.2, 0.25) is 0 Å². The van der Waals surface area contributed by atoms with Gasteiger partial charge in [-0.3, -0.25) is 4.98 Å². The quantitative estimate of drug-likeness (QED) is 0.873. The highest BCUT2D eigenvalue weighted by Crippen LogP contribution is 2.21. The van der Waals surface area contributed by atoms with Crippen LogP contribution >= 0.6 is 0 Å². The fraction of sp³-hybridized carbons (Fsp3) is 0.429. The Morgan fingerprint density at radius 1 is 1.39 bits per heavy atom. The van der Waals surface area contributed by atoms with Gasteiger partial charge in [0, 0.05) is 31.2 Å². The van der Waals surface area contributed by atoms with Crippen LogP contribution in [0.1, 0.15) is 37.1 Å². The molecule has 0 saturated heterocycles. The lowest BCUT2D eigenvalue weighted by molar-refractivity contribution is 0.573. The summed E-state index contributed by atoms with van der Waals surface area (Å²) in [4.78, 5) is 8.45. The molecule has 1 unspecified atom stereocenters. The average molecular weight is 242 g/mol. The maximum atomic E-state index is 4.27. The summed E-state index contributed by atoms with van der Waals surface area (Å²) in [6.07, 6.45) is 10.2. The number of rotatable bonds is 5. The fourth-order valence-corrected chi connectivity index (χ4v) is 2.14. The van der Waals surface area contributed by atoms with Crippen LogP contribution in [0, 0.1) is 0 Å². The predicted octanol–water partition coefficient (Wildman–Crippen LogP) is 2.14.